The third-order valence-electron chi connectivity index (χ3n) is 3.88. The fourth-order valence-electron chi connectivity index (χ4n) is 2.56. The van der Waals surface area contributed by atoms with E-state index in [0.717, 1.165) is 4.90 Å². The van der Waals surface area contributed by atoms with E-state index >= 15 is 0 Å². The smallest absolute Gasteiger partial charge is 0.255 e. The Morgan fingerprint density at radius 1 is 0.923 bits per heavy atom. The second-order valence-corrected chi connectivity index (χ2v) is 7.25. The number of carbonyl (C=O) groups excluding carboxylic acids is 3. The van der Waals surface area contributed by atoms with Crippen LogP contribution < -0.4 is 15.4 Å². The Hall–Kier alpha value is -3.04. The van der Waals surface area contributed by atoms with E-state index in [1.807, 2.05) is 0 Å². The van der Waals surface area contributed by atoms with Gasteiger partial charge in [0.05, 0.1) is 10.6 Å². The molecule has 0 unspecified atom stereocenters. The highest BCUT2D eigenvalue weighted by atomic mass is 32.2. The van der Waals surface area contributed by atoms with Crippen LogP contribution in [0.5, 0.6) is 0 Å². The van der Waals surface area contributed by atoms with Crippen LogP contribution in [0, 0.1) is 0 Å². The number of nitrogens with zero attached hydrogens (tertiary/aromatic N) is 1. The number of sulfonamides is 1. The summed E-state index contributed by atoms with van der Waals surface area (Å²) in [6.45, 7) is 0. The molecule has 0 radical (unpaired) electrons. The van der Waals surface area contributed by atoms with Crippen molar-refractivity contribution in [3.63, 3.8) is 0 Å². The number of amides is 3. The number of anilines is 2. The molecule has 1 aliphatic heterocycles. The number of nitrogens with one attached hydrogen (secondary N) is 1. The van der Waals surface area contributed by atoms with E-state index in [2.05, 4.69) is 5.32 Å². The summed E-state index contributed by atoms with van der Waals surface area (Å²) < 4.78 is 22.4. The first-order valence-electron chi connectivity index (χ1n) is 7.66. The normalized spacial score (nSPS) is 14.6. The van der Waals surface area contributed by atoms with Crippen molar-refractivity contribution in [3.8, 4) is 0 Å². The highest BCUT2D eigenvalue weighted by Crippen LogP contribution is 2.23. The summed E-state index contributed by atoms with van der Waals surface area (Å²) in [5, 5.41) is 7.64. The van der Waals surface area contributed by atoms with Crippen LogP contribution in [0.4, 0.5) is 11.4 Å². The van der Waals surface area contributed by atoms with Crippen molar-refractivity contribution in [2.75, 3.05) is 10.2 Å². The number of nitrogens with two attached hydrogens (primary N) is 1. The van der Waals surface area contributed by atoms with Gasteiger partial charge in [0.2, 0.25) is 21.8 Å². The van der Waals surface area contributed by atoms with Crippen LogP contribution >= 0.6 is 0 Å². The quantitative estimate of drug-likeness (QED) is 0.780. The van der Waals surface area contributed by atoms with Crippen LogP contribution in [-0.4, -0.2) is 26.1 Å². The molecule has 0 aliphatic carbocycles. The number of primary sulfonamides is 1. The van der Waals surface area contributed by atoms with Crippen molar-refractivity contribution in [2.45, 2.75) is 17.7 Å². The van der Waals surface area contributed by atoms with Crippen molar-refractivity contribution in [1.29, 1.82) is 0 Å². The molecule has 26 heavy (non-hydrogen) atoms. The number of hydrogen-bond acceptors (Lipinski definition) is 5. The van der Waals surface area contributed by atoms with Gasteiger partial charge in [0, 0.05) is 24.1 Å². The van der Waals surface area contributed by atoms with E-state index in [1.165, 1.54) is 48.5 Å². The molecule has 0 spiro atoms. The van der Waals surface area contributed by atoms with E-state index < -0.39 is 15.9 Å². The monoisotopic (exact) mass is 373 g/mol. The third-order valence-corrected chi connectivity index (χ3v) is 4.81. The minimum absolute atomic E-state index is 0.0557. The van der Waals surface area contributed by atoms with Crippen LogP contribution in [0.3, 0.4) is 0 Å². The highest BCUT2D eigenvalue weighted by molar-refractivity contribution is 7.89. The van der Waals surface area contributed by atoms with Gasteiger partial charge >= 0.3 is 0 Å². The molecule has 1 fully saturated rings. The molecule has 3 N–H and O–H groups in total. The average Bonchev–Trinajstić information content (AvgIpc) is 2.93. The Morgan fingerprint density at radius 2 is 1.46 bits per heavy atom. The topological polar surface area (TPSA) is 127 Å². The lowest BCUT2D eigenvalue weighted by molar-refractivity contribution is -0.121. The summed E-state index contributed by atoms with van der Waals surface area (Å²) in [6, 6.07) is 11.5. The first kappa shape index (κ1) is 17.8. The maximum atomic E-state index is 12.3. The predicted octanol–water partition coefficient (Wildman–Crippen LogP) is 1.24. The van der Waals surface area contributed by atoms with Crippen LogP contribution in [-0.2, 0) is 19.6 Å². The molecule has 2 aromatic carbocycles. The maximum absolute atomic E-state index is 12.3. The van der Waals surface area contributed by atoms with Crippen LogP contribution in [0.25, 0.3) is 0 Å². The zero-order valence-corrected chi connectivity index (χ0v) is 14.3. The number of carbonyl (C=O) groups is 3. The second-order valence-electron chi connectivity index (χ2n) is 5.69. The molecule has 3 rings (SSSR count). The van der Waals surface area contributed by atoms with Crippen molar-refractivity contribution < 1.29 is 22.8 Å². The second kappa shape index (κ2) is 6.70. The molecule has 1 saturated heterocycles. The molecular formula is C17H15N3O5S. The summed E-state index contributed by atoms with van der Waals surface area (Å²) in [4.78, 5) is 36.7. The van der Waals surface area contributed by atoms with Gasteiger partial charge < -0.3 is 5.32 Å². The van der Waals surface area contributed by atoms with Gasteiger partial charge in [-0.3, -0.25) is 19.3 Å². The molecule has 0 aromatic heterocycles. The molecule has 134 valence electrons. The Labute approximate surface area is 149 Å². The lowest BCUT2D eigenvalue weighted by Crippen LogP contribution is -2.28. The maximum Gasteiger partial charge on any atom is 0.255 e. The van der Waals surface area contributed by atoms with Crippen molar-refractivity contribution in [2.24, 2.45) is 5.14 Å². The van der Waals surface area contributed by atoms with Crippen molar-refractivity contribution in [1.82, 2.24) is 0 Å². The van der Waals surface area contributed by atoms with Gasteiger partial charge in [0.1, 0.15) is 0 Å². The summed E-state index contributed by atoms with van der Waals surface area (Å²) in [7, 11) is -3.79. The van der Waals surface area contributed by atoms with Gasteiger partial charge in [-0.25, -0.2) is 13.6 Å². The van der Waals surface area contributed by atoms with Crippen molar-refractivity contribution in [3.05, 3.63) is 54.1 Å². The SMILES string of the molecule is NS(=O)(=O)c1ccc(NC(=O)c2ccc(N3C(=O)CCC3=O)cc2)cc1. The fourth-order valence-corrected chi connectivity index (χ4v) is 3.07. The Kier molecular flexibility index (Phi) is 4.58. The summed E-state index contributed by atoms with van der Waals surface area (Å²) >= 11 is 0. The van der Waals surface area contributed by atoms with Gasteiger partial charge in [-0.1, -0.05) is 0 Å². The van der Waals surface area contributed by atoms with E-state index in [9.17, 15) is 22.8 Å². The van der Waals surface area contributed by atoms with Gasteiger partial charge in [0.15, 0.2) is 0 Å². The van der Waals surface area contributed by atoms with E-state index in [0.29, 0.717) is 16.9 Å². The zero-order valence-electron chi connectivity index (χ0n) is 13.5. The van der Waals surface area contributed by atoms with Crippen LogP contribution in [0.1, 0.15) is 23.2 Å². The van der Waals surface area contributed by atoms with E-state index in [1.54, 1.807) is 0 Å². The molecule has 0 bridgehead atoms. The average molecular weight is 373 g/mol. The van der Waals surface area contributed by atoms with Crippen LogP contribution in [0.15, 0.2) is 53.4 Å². The summed E-state index contributed by atoms with van der Waals surface area (Å²) in [5.41, 5.74) is 1.14. The molecule has 3 amide bonds. The molecular weight excluding hydrogens is 358 g/mol. The molecule has 0 saturated carbocycles. The van der Waals surface area contributed by atoms with Gasteiger partial charge in [-0.15, -0.1) is 0 Å². The highest BCUT2D eigenvalue weighted by Gasteiger charge is 2.30. The van der Waals surface area contributed by atoms with E-state index in [-0.39, 0.29) is 29.6 Å². The Morgan fingerprint density at radius 3 is 1.96 bits per heavy atom. The first-order valence-corrected chi connectivity index (χ1v) is 9.20. The van der Waals surface area contributed by atoms with Gasteiger partial charge in [-0.2, -0.15) is 0 Å². The fraction of sp³-hybridized carbons (Fsp3) is 0.118. The third kappa shape index (κ3) is 3.63. The van der Waals surface area contributed by atoms with Crippen LogP contribution in [0.2, 0.25) is 0 Å². The summed E-state index contributed by atoms with van der Waals surface area (Å²) in [5.74, 6) is -0.941. The molecule has 2 aromatic rings. The minimum Gasteiger partial charge on any atom is -0.322 e. The number of imide groups is 1. The molecule has 1 heterocycles. The zero-order chi connectivity index (χ0) is 18.9. The number of rotatable bonds is 4. The lowest BCUT2D eigenvalue weighted by atomic mass is 10.1. The largest absolute Gasteiger partial charge is 0.322 e. The van der Waals surface area contributed by atoms with Crippen molar-refractivity contribution >= 4 is 39.1 Å². The number of hydrogen-bond donors (Lipinski definition) is 2. The van der Waals surface area contributed by atoms with Gasteiger partial charge in [0.25, 0.3) is 5.91 Å². The molecule has 1 aliphatic rings. The predicted molar refractivity (Wildman–Crippen MR) is 93.9 cm³/mol. The molecule has 9 heteroatoms. The number of benzene rings is 2. The van der Waals surface area contributed by atoms with Gasteiger partial charge in [-0.05, 0) is 48.5 Å². The molecule has 0 atom stereocenters. The van der Waals surface area contributed by atoms with E-state index in [4.69, 9.17) is 5.14 Å². The first-order chi connectivity index (χ1) is 12.3. The lowest BCUT2D eigenvalue weighted by Gasteiger charge is -2.14. The minimum atomic E-state index is -3.79. The molecule has 8 nitrogen and oxygen atoms in total. The standard InChI is InChI=1S/C17H15N3O5S/c18-26(24,25)14-7-3-12(4-8-14)19-17(23)11-1-5-13(6-2-11)20-15(21)9-10-16(20)22/h1-8H,9-10H2,(H,19,23)(H2,18,24,25). The Bertz CT molecular complexity index is 966. The Balaban J connectivity index is 1.72. The summed E-state index contributed by atoms with van der Waals surface area (Å²) in [6.07, 6.45) is 0.380.